The van der Waals surface area contributed by atoms with Crippen LogP contribution < -0.4 is 9.47 Å². The number of hydrogen-bond acceptors (Lipinski definition) is 7. The molecule has 0 bridgehead atoms. The molecule has 8 heteroatoms. The topological polar surface area (TPSA) is 88.5 Å². The van der Waals surface area contributed by atoms with Gasteiger partial charge in [-0.15, -0.1) is 0 Å². The van der Waals surface area contributed by atoms with Gasteiger partial charge in [0.1, 0.15) is 19.0 Å². The average Bonchev–Trinajstić information content (AvgIpc) is 3.18. The molecule has 1 amide bonds. The highest BCUT2D eigenvalue weighted by Crippen LogP contribution is 2.41. The van der Waals surface area contributed by atoms with E-state index in [9.17, 15) is 14.7 Å². The molecule has 5 rings (SSSR count). The summed E-state index contributed by atoms with van der Waals surface area (Å²) in [5.74, 6) is -0.355. The van der Waals surface area contributed by atoms with Gasteiger partial charge in [0.15, 0.2) is 11.5 Å². The number of aliphatic hydroxyl groups is 1. The molecule has 36 heavy (non-hydrogen) atoms. The predicted octanol–water partition coefficient (Wildman–Crippen LogP) is 3.16. The molecule has 2 aromatic carbocycles. The van der Waals surface area contributed by atoms with E-state index in [-0.39, 0.29) is 11.3 Å². The lowest BCUT2D eigenvalue weighted by Gasteiger charge is -2.29. The van der Waals surface area contributed by atoms with Crippen molar-refractivity contribution in [3.8, 4) is 11.5 Å². The lowest BCUT2D eigenvalue weighted by Crippen LogP contribution is -2.38. The van der Waals surface area contributed by atoms with E-state index in [1.165, 1.54) is 0 Å². The number of rotatable bonds is 7. The molecule has 2 saturated heterocycles. The summed E-state index contributed by atoms with van der Waals surface area (Å²) in [4.78, 5) is 30.4. The molecule has 0 spiro atoms. The lowest BCUT2D eigenvalue weighted by molar-refractivity contribution is -0.140. The number of ether oxygens (including phenoxy) is 3. The van der Waals surface area contributed by atoms with Crippen LogP contribution in [0, 0.1) is 0 Å². The number of nitrogens with zero attached hydrogens (tertiary/aromatic N) is 2. The Morgan fingerprint density at radius 1 is 0.944 bits per heavy atom. The summed E-state index contributed by atoms with van der Waals surface area (Å²) in [6, 6.07) is 12.3. The van der Waals surface area contributed by atoms with E-state index in [4.69, 9.17) is 14.2 Å². The van der Waals surface area contributed by atoms with Crippen molar-refractivity contribution in [3.05, 3.63) is 64.7 Å². The molecule has 1 N–H and O–H groups in total. The molecular weight excluding hydrogens is 460 g/mol. The first kappa shape index (κ1) is 24.3. The monoisotopic (exact) mass is 492 g/mol. The third-order valence-electron chi connectivity index (χ3n) is 7.04. The van der Waals surface area contributed by atoms with Gasteiger partial charge < -0.3 is 24.2 Å². The number of aliphatic hydroxyl groups excluding tert-OH is 1. The van der Waals surface area contributed by atoms with Gasteiger partial charge in [-0.1, -0.05) is 31.2 Å². The molecule has 8 nitrogen and oxygen atoms in total. The Labute approximate surface area is 211 Å². The minimum absolute atomic E-state index is 0.104. The highest BCUT2D eigenvalue weighted by molar-refractivity contribution is 6.46. The van der Waals surface area contributed by atoms with Crippen molar-refractivity contribution in [2.45, 2.75) is 25.8 Å². The molecule has 0 aromatic heterocycles. The number of morpholine rings is 1. The van der Waals surface area contributed by atoms with E-state index >= 15 is 0 Å². The second-order valence-corrected chi connectivity index (χ2v) is 9.25. The van der Waals surface area contributed by atoms with Gasteiger partial charge in [-0.2, -0.15) is 0 Å². The van der Waals surface area contributed by atoms with Crippen molar-refractivity contribution in [3.63, 3.8) is 0 Å². The highest BCUT2D eigenvalue weighted by atomic mass is 16.6. The summed E-state index contributed by atoms with van der Waals surface area (Å²) in [6.45, 7) is 7.34. The number of amides is 1. The Morgan fingerprint density at radius 2 is 1.67 bits per heavy atom. The molecule has 3 heterocycles. The van der Waals surface area contributed by atoms with Crippen LogP contribution >= 0.6 is 0 Å². The number of Topliss-reactive ketones (excluding diaryl/α,β-unsaturated/α-hetero) is 1. The van der Waals surface area contributed by atoms with Gasteiger partial charge in [0, 0.05) is 31.7 Å². The van der Waals surface area contributed by atoms with E-state index in [1.807, 2.05) is 24.3 Å². The number of aryl methyl sites for hydroxylation is 1. The summed E-state index contributed by atoms with van der Waals surface area (Å²) >= 11 is 0. The first-order valence-electron chi connectivity index (χ1n) is 12.6. The smallest absolute Gasteiger partial charge is 0.295 e. The van der Waals surface area contributed by atoms with Gasteiger partial charge in [0.05, 0.1) is 24.8 Å². The van der Waals surface area contributed by atoms with Crippen molar-refractivity contribution in [2.75, 3.05) is 52.6 Å². The van der Waals surface area contributed by atoms with Crippen molar-refractivity contribution >= 4 is 17.4 Å². The normalized spacial score (nSPS) is 21.7. The van der Waals surface area contributed by atoms with Crippen molar-refractivity contribution in [1.82, 2.24) is 9.80 Å². The number of likely N-dealkylation sites (tertiary alicyclic amines) is 1. The summed E-state index contributed by atoms with van der Waals surface area (Å²) in [6.07, 6.45) is 1.61. The Balaban J connectivity index is 1.48. The Kier molecular flexibility index (Phi) is 7.25. The highest BCUT2D eigenvalue weighted by Gasteiger charge is 2.45. The van der Waals surface area contributed by atoms with Crippen molar-refractivity contribution in [2.24, 2.45) is 0 Å². The number of fused-ring (bicyclic) bond motifs is 1. The first-order valence-corrected chi connectivity index (χ1v) is 12.6. The molecule has 3 aliphatic heterocycles. The van der Waals surface area contributed by atoms with Crippen LogP contribution in [0.15, 0.2) is 48.0 Å². The van der Waals surface area contributed by atoms with Crippen molar-refractivity contribution in [1.29, 1.82) is 0 Å². The number of ketones is 1. The van der Waals surface area contributed by atoms with Crippen molar-refractivity contribution < 1.29 is 28.9 Å². The van der Waals surface area contributed by atoms with Gasteiger partial charge >= 0.3 is 0 Å². The van der Waals surface area contributed by atoms with E-state index in [2.05, 4.69) is 11.8 Å². The predicted molar refractivity (Wildman–Crippen MR) is 134 cm³/mol. The number of carbonyl (C=O) groups is 2. The zero-order valence-electron chi connectivity index (χ0n) is 20.6. The molecule has 1 atom stereocenters. The van der Waals surface area contributed by atoms with Crippen LogP contribution in [0.4, 0.5) is 0 Å². The van der Waals surface area contributed by atoms with Gasteiger partial charge in [0.2, 0.25) is 0 Å². The van der Waals surface area contributed by atoms with Gasteiger partial charge in [-0.05, 0) is 42.2 Å². The van der Waals surface area contributed by atoms with E-state index in [1.54, 1.807) is 23.1 Å². The van der Waals surface area contributed by atoms with Crippen LogP contribution in [0.1, 0.15) is 36.1 Å². The maximum atomic E-state index is 13.3. The third-order valence-corrected chi connectivity index (χ3v) is 7.04. The fourth-order valence-corrected chi connectivity index (χ4v) is 5.03. The summed E-state index contributed by atoms with van der Waals surface area (Å²) < 4.78 is 16.7. The number of hydrogen-bond donors (Lipinski definition) is 1. The number of carbonyl (C=O) groups excluding carboxylic acids is 2. The molecule has 0 radical (unpaired) electrons. The van der Waals surface area contributed by atoms with E-state index in [0.29, 0.717) is 50.0 Å². The van der Waals surface area contributed by atoms with Gasteiger partial charge in [-0.3, -0.25) is 14.5 Å². The van der Waals surface area contributed by atoms with Crippen LogP contribution in [0.2, 0.25) is 0 Å². The second-order valence-electron chi connectivity index (χ2n) is 9.25. The summed E-state index contributed by atoms with van der Waals surface area (Å²) in [5.41, 5.74) is 2.49. The van der Waals surface area contributed by atoms with Gasteiger partial charge in [-0.25, -0.2) is 0 Å². The first-order chi connectivity index (χ1) is 17.6. The fourth-order valence-electron chi connectivity index (χ4n) is 5.03. The second kappa shape index (κ2) is 10.7. The molecular formula is C28H32N2O6. The van der Waals surface area contributed by atoms with Crippen LogP contribution in [-0.2, 0) is 20.7 Å². The Bertz CT molecular complexity index is 1150. The van der Waals surface area contributed by atoms with Gasteiger partial charge in [0.25, 0.3) is 11.7 Å². The summed E-state index contributed by atoms with van der Waals surface area (Å²) in [5, 5.41) is 11.4. The summed E-state index contributed by atoms with van der Waals surface area (Å²) in [7, 11) is 0. The molecule has 3 aliphatic rings. The van der Waals surface area contributed by atoms with E-state index < -0.39 is 17.7 Å². The Morgan fingerprint density at radius 3 is 2.39 bits per heavy atom. The molecule has 190 valence electrons. The van der Waals surface area contributed by atoms with Crippen LogP contribution in [0.3, 0.4) is 0 Å². The maximum Gasteiger partial charge on any atom is 0.295 e. The zero-order chi connectivity index (χ0) is 25.1. The SMILES string of the molecule is CCc1ccc(C2C(=C(O)c3ccc4c(c3)OCCO4)C(=O)C(=O)N2CCCN2CCOCC2)cc1. The third kappa shape index (κ3) is 4.83. The van der Waals surface area contributed by atoms with Crippen LogP contribution in [0.5, 0.6) is 11.5 Å². The fraction of sp³-hybridized carbons (Fsp3) is 0.429. The van der Waals surface area contributed by atoms with Crippen LogP contribution in [-0.4, -0.2) is 79.2 Å². The van der Waals surface area contributed by atoms with E-state index in [0.717, 1.165) is 43.6 Å². The lowest BCUT2D eigenvalue weighted by atomic mass is 9.94. The molecule has 2 aromatic rings. The minimum Gasteiger partial charge on any atom is -0.507 e. The maximum absolute atomic E-state index is 13.3. The largest absolute Gasteiger partial charge is 0.507 e. The zero-order valence-corrected chi connectivity index (χ0v) is 20.6. The molecule has 1 unspecified atom stereocenters. The quantitative estimate of drug-likeness (QED) is 0.361. The molecule has 0 aliphatic carbocycles. The van der Waals surface area contributed by atoms with Crippen LogP contribution in [0.25, 0.3) is 5.76 Å². The average molecular weight is 493 g/mol. The standard InChI is InChI=1S/C28H32N2O6/c1-2-19-4-6-20(7-5-19)25-24(26(31)21-8-9-22-23(18-21)36-17-16-35-22)27(32)28(33)30(25)11-3-10-29-12-14-34-15-13-29/h4-9,18,25,31H,2-3,10-17H2,1H3. The molecule has 2 fully saturated rings. The molecule has 0 saturated carbocycles. The number of benzene rings is 2. The Hall–Kier alpha value is -3.36. The minimum atomic E-state index is -0.668.